The zero-order valence-corrected chi connectivity index (χ0v) is 8.78. The average molecular weight is 206 g/mol. The van der Waals surface area contributed by atoms with Crippen molar-refractivity contribution in [3.8, 4) is 0 Å². The Kier molecular flexibility index (Phi) is 2.95. The molecule has 0 bridgehead atoms. The van der Waals surface area contributed by atoms with E-state index < -0.39 is 0 Å². The number of hydrogen-bond acceptors (Lipinski definition) is 2. The molecule has 2 heteroatoms. The first-order chi connectivity index (χ1) is 6.47. The van der Waals surface area contributed by atoms with Crippen LogP contribution in [-0.4, -0.2) is 0 Å². The SMILES string of the molecule is C1=CCC=C1.c1cc2sccc2s1. The number of fused-ring (bicyclic) bond motifs is 1. The van der Waals surface area contributed by atoms with Crippen molar-refractivity contribution in [2.75, 3.05) is 0 Å². The fraction of sp³-hybridized carbons (Fsp3) is 0.0909. The van der Waals surface area contributed by atoms with Gasteiger partial charge in [-0.3, -0.25) is 0 Å². The van der Waals surface area contributed by atoms with E-state index in [1.807, 2.05) is 0 Å². The fourth-order valence-corrected chi connectivity index (χ4v) is 2.91. The van der Waals surface area contributed by atoms with Crippen LogP contribution in [0, 0.1) is 0 Å². The van der Waals surface area contributed by atoms with Crippen molar-refractivity contribution in [1.82, 2.24) is 0 Å². The van der Waals surface area contributed by atoms with Crippen molar-refractivity contribution >= 4 is 32.1 Å². The Morgan fingerprint density at radius 1 is 0.846 bits per heavy atom. The van der Waals surface area contributed by atoms with Gasteiger partial charge < -0.3 is 0 Å². The summed E-state index contributed by atoms with van der Waals surface area (Å²) in [4.78, 5) is 0. The molecule has 2 aromatic rings. The second-order valence-electron chi connectivity index (χ2n) is 2.66. The zero-order valence-electron chi connectivity index (χ0n) is 7.14. The minimum atomic E-state index is 1.14. The molecule has 2 heterocycles. The summed E-state index contributed by atoms with van der Waals surface area (Å²) < 4.78 is 2.82. The van der Waals surface area contributed by atoms with Gasteiger partial charge in [0, 0.05) is 9.40 Å². The molecule has 0 aromatic carbocycles. The Labute approximate surface area is 85.8 Å². The van der Waals surface area contributed by atoms with E-state index in [0.29, 0.717) is 0 Å². The quantitative estimate of drug-likeness (QED) is 0.596. The van der Waals surface area contributed by atoms with Gasteiger partial charge in [0.25, 0.3) is 0 Å². The molecular weight excluding hydrogens is 196 g/mol. The van der Waals surface area contributed by atoms with E-state index in [0.717, 1.165) is 6.42 Å². The summed E-state index contributed by atoms with van der Waals surface area (Å²) in [5.41, 5.74) is 0. The minimum absolute atomic E-state index is 1.14. The van der Waals surface area contributed by atoms with Crippen molar-refractivity contribution in [3.05, 3.63) is 47.2 Å². The van der Waals surface area contributed by atoms with Crippen molar-refractivity contribution in [3.63, 3.8) is 0 Å². The molecule has 0 saturated carbocycles. The predicted octanol–water partition coefficient (Wildman–Crippen LogP) is 4.47. The van der Waals surface area contributed by atoms with Gasteiger partial charge in [-0.2, -0.15) is 0 Å². The number of thiophene rings is 2. The molecule has 3 rings (SSSR count). The van der Waals surface area contributed by atoms with Crippen LogP contribution in [0.5, 0.6) is 0 Å². The summed E-state index contributed by atoms with van der Waals surface area (Å²) in [6.07, 6.45) is 9.50. The lowest BCUT2D eigenvalue weighted by Crippen LogP contribution is -1.37. The molecule has 0 fully saturated rings. The van der Waals surface area contributed by atoms with Gasteiger partial charge >= 0.3 is 0 Å². The summed E-state index contributed by atoms with van der Waals surface area (Å²) in [6, 6.07) is 4.31. The number of hydrogen-bond donors (Lipinski definition) is 0. The number of allylic oxidation sites excluding steroid dienone is 4. The Balaban J connectivity index is 0.000000113. The van der Waals surface area contributed by atoms with Gasteiger partial charge in [0.1, 0.15) is 0 Å². The van der Waals surface area contributed by atoms with E-state index in [1.165, 1.54) is 9.40 Å². The Morgan fingerprint density at radius 2 is 1.38 bits per heavy atom. The summed E-state index contributed by atoms with van der Waals surface area (Å²) in [5.74, 6) is 0. The molecule has 0 radical (unpaired) electrons. The molecule has 0 amide bonds. The Morgan fingerprint density at radius 3 is 1.77 bits per heavy atom. The second-order valence-corrected chi connectivity index (χ2v) is 4.56. The van der Waals surface area contributed by atoms with Crippen LogP contribution in [0.4, 0.5) is 0 Å². The predicted molar refractivity (Wildman–Crippen MR) is 62.6 cm³/mol. The monoisotopic (exact) mass is 206 g/mol. The highest BCUT2D eigenvalue weighted by molar-refractivity contribution is 7.25. The molecule has 1 aliphatic carbocycles. The van der Waals surface area contributed by atoms with Gasteiger partial charge in [-0.05, 0) is 29.3 Å². The van der Waals surface area contributed by atoms with E-state index in [9.17, 15) is 0 Å². The summed E-state index contributed by atoms with van der Waals surface area (Å²) in [6.45, 7) is 0. The van der Waals surface area contributed by atoms with Crippen LogP contribution in [-0.2, 0) is 0 Å². The third-order valence-corrected chi connectivity index (χ3v) is 3.62. The summed E-state index contributed by atoms with van der Waals surface area (Å²) in [7, 11) is 0. The fourth-order valence-electron chi connectivity index (χ4n) is 1.09. The first kappa shape index (κ1) is 8.73. The lowest BCUT2D eigenvalue weighted by atomic mass is 10.5. The highest BCUT2D eigenvalue weighted by Gasteiger charge is 1.90. The van der Waals surface area contributed by atoms with Crippen molar-refractivity contribution in [1.29, 1.82) is 0 Å². The van der Waals surface area contributed by atoms with Gasteiger partial charge in [0.05, 0.1) is 0 Å². The molecule has 66 valence electrons. The molecule has 0 nitrogen and oxygen atoms in total. The maximum Gasteiger partial charge on any atom is 0.0450 e. The third-order valence-electron chi connectivity index (χ3n) is 1.73. The van der Waals surface area contributed by atoms with Crippen molar-refractivity contribution in [2.24, 2.45) is 0 Å². The molecule has 0 spiro atoms. The molecule has 1 aliphatic rings. The van der Waals surface area contributed by atoms with Gasteiger partial charge in [-0.15, -0.1) is 22.7 Å². The zero-order chi connectivity index (χ0) is 8.93. The highest BCUT2D eigenvalue weighted by Crippen LogP contribution is 2.25. The van der Waals surface area contributed by atoms with Crippen molar-refractivity contribution < 1.29 is 0 Å². The van der Waals surface area contributed by atoms with Crippen LogP contribution in [0.3, 0.4) is 0 Å². The molecule has 0 saturated heterocycles. The minimum Gasteiger partial charge on any atom is -0.143 e. The van der Waals surface area contributed by atoms with Gasteiger partial charge in [0.2, 0.25) is 0 Å². The van der Waals surface area contributed by atoms with Gasteiger partial charge in [0.15, 0.2) is 0 Å². The van der Waals surface area contributed by atoms with Crippen LogP contribution in [0.15, 0.2) is 47.2 Å². The van der Waals surface area contributed by atoms with Gasteiger partial charge in [-0.25, -0.2) is 0 Å². The van der Waals surface area contributed by atoms with Crippen LogP contribution in [0.25, 0.3) is 9.40 Å². The molecular formula is C11H10S2. The van der Waals surface area contributed by atoms with Crippen LogP contribution >= 0.6 is 22.7 Å². The maximum absolute atomic E-state index is 2.16. The van der Waals surface area contributed by atoms with E-state index in [4.69, 9.17) is 0 Å². The van der Waals surface area contributed by atoms with Crippen LogP contribution in [0.1, 0.15) is 6.42 Å². The van der Waals surface area contributed by atoms with E-state index in [2.05, 4.69) is 47.2 Å². The normalized spacial score (nSPS) is 13.2. The first-order valence-electron chi connectivity index (χ1n) is 4.19. The lowest BCUT2D eigenvalue weighted by molar-refractivity contribution is 1.45. The van der Waals surface area contributed by atoms with E-state index in [-0.39, 0.29) is 0 Å². The molecule has 0 unspecified atom stereocenters. The highest BCUT2D eigenvalue weighted by atomic mass is 32.1. The smallest absolute Gasteiger partial charge is 0.0450 e. The van der Waals surface area contributed by atoms with Crippen molar-refractivity contribution in [2.45, 2.75) is 6.42 Å². The first-order valence-corrected chi connectivity index (χ1v) is 5.95. The summed E-state index contributed by atoms with van der Waals surface area (Å²) in [5, 5.41) is 4.25. The second kappa shape index (κ2) is 4.40. The standard InChI is InChI=1S/C6H4S2.C5H6/c1-3-7-6-2-4-8-5(1)6;1-2-4-5-3-1/h1-4H;1-4H,5H2. The molecule has 0 atom stereocenters. The largest absolute Gasteiger partial charge is 0.143 e. The van der Waals surface area contributed by atoms with Crippen LogP contribution in [0.2, 0.25) is 0 Å². The topological polar surface area (TPSA) is 0 Å². The van der Waals surface area contributed by atoms with Gasteiger partial charge in [-0.1, -0.05) is 24.3 Å². The van der Waals surface area contributed by atoms with E-state index >= 15 is 0 Å². The average Bonchev–Trinajstić information content (AvgIpc) is 2.84. The molecule has 0 aliphatic heterocycles. The Bertz CT molecular complexity index is 357. The molecule has 13 heavy (non-hydrogen) atoms. The summed E-state index contributed by atoms with van der Waals surface area (Å²) >= 11 is 3.61. The third kappa shape index (κ3) is 2.29. The lowest BCUT2D eigenvalue weighted by Gasteiger charge is -1.63. The number of rotatable bonds is 0. The molecule has 0 N–H and O–H groups in total. The van der Waals surface area contributed by atoms with E-state index in [1.54, 1.807) is 22.7 Å². The molecule has 2 aromatic heterocycles. The Hall–Kier alpha value is -0.860. The maximum atomic E-state index is 2.16. The van der Waals surface area contributed by atoms with Crippen LogP contribution < -0.4 is 0 Å².